The van der Waals surface area contributed by atoms with Crippen molar-refractivity contribution in [2.45, 2.75) is 130 Å². The summed E-state index contributed by atoms with van der Waals surface area (Å²) in [6.45, 7) is 13.7. The topological polar surface area (TPSA) is 66.0 Å². The predicted octanol–water partition coefficient (Wildman–Crippen LogP) is 5.48. The lowest BCUT2D eigenvalue weighted by Gasteiger charge is -2.60. The number of hydrogen-bond donors (Lipinski definition) is 1. The molecule has 0 aromatic carbocycles. The largest absolute Gasteiger partial charge is 0.460 e. The second-order valence-electron chi connectivity index (χ2n) is 15.3. The maximum absolute atomic E-state index is 11.6. The average molecular weight is 530 g/mol. The summed E-state index contributed by atoms with van der Waals surface area (Å²) in [6.07, 6.45) is 13.5. The molecule has 7 rings (SSSR count). The van der Waals surface area contributed by atoms with Gasteiger partial charge in [0.1, 0.15) is 6.10 Å². The first-order chi connectivity index (χ1) is 18.1. The van der Waals surface area contributed by atoms with Crippen LogP contribution in [0.4, 0.5) is 0 Å². The molecule has 7 aliphatic rings. The summed E-state index contributed by atoms with van der Waals surface area (Å²) in [4.78, 5) is 11.6. The van der Waals surface area contributed by atoms with Crippen molar-refractivity contribution in [2.24, 2.45) is 45.3 Å². The molecule has 5 saturated carbocycles. The Bertz CT molecular complexity index is 948. The first-order valence-corrected chi connectivity index (χ1v) is 15.9. The summed E-state index contributed by atoms with van der Waals surface area (Å²) >= 11 is 0. The maximum Gasteiger partial charge on any atom is 0.302 e. The molecule has 6 nitrogen and oxygen atoms in total. The number of morpholine rings is 1. The summed E-state index contributed by atoms with van der Waals surface area (Å²) in [5.41, 5.74) is 1.70. The van der Waals surface area contributed by atoms with Gasteiger partial charge < -0.3 is 24.3 Å². The van der Waals surface area contributed by atoms with Gasteiger partial charge in [0.25, 0.3) is 0 Å². The summed E-state index contributed by atoms with van der Waals surface area (Å²) in [6, 6.07) is 0. The van der Waals surface area contributed by atoms with Gasteiger partial charge in [0.2, 0.25) is 0 Å². The first kappa shape index (κ1) is 26.2. The fraction of sp³-hybridized carbons (Fsp3) is 0.969. The van der Waals surface area contributed by atoms with Crippen molar-refractivity contribution in [2.75, 3.05) is 19.7 Å². The smallest absolute Gasteiger partial charge is 0.302 e. The maximum atomic E-state index is 11.6. The molecule has 2 saturated heterocycles. The molecule has 1 N–H and O–H groups in total. The van der Waals surface area contributed by atoms with Gasteiger partial charge in [-0.15, -0.1) is 0 Å². The molecule has 0 aromatic heterocycles. The third-order valence-electron chi connectivity index (χ3n) is 13.6. The molecule has 2 heterocycles. The van der Waals surface area contributed by atoms with Gasteiger partial charge in [0, 0.05) is 20.0 Å². The average Bonchev–Trinajstić information content (AvgIpc) is 3.46. The Hall–Kier alpha value is -0.690. The van der Waals surface area contributed by atoms with Gasteiger partial charge in [-0.25, -0.2) is 0 Å². The van der Waals surface area contributed by atoms with E-state index < -0.39 is 0 Å². The molecule has 2 spiro atoms. The molecule has 0 radical (unpaired) electrons. The predicted molar refractivity (Wildman–Crippen MR) is 144 cm³/mol. The molecule has 12 atom stereocenters. The Morgan fingerprint density at radius 1 is 0.974 bits per heavy atom. The molecule has 7 fully saturated rings. The van der Waals surface area contributed by atoms with Gasteiger partial charge in [-0.3, -0.25) is 4.79 Å². The van der Waals surface area contributed by atoms with Crippen molar-refractivity contribution in [1.82, 2.24) is 5.32 Å². The van der Waals surface area contributed by atoms with Gasteiger partial charge in [-0.1, -0.05) is 20.8 Å². The second kappa shape index (κ2) is 8.90. The quantitative estimate of drug-likeness (QED) is 0.487. The fourth-order valence-electron chi connectivity index (χ4n) is 12.0. The molecule has 9 unspecified atom stereocenters. The molecular weight excluding hydrogens is 478 g/mol. The minimum atomic E-state index is -0.195. The highest BCUT2D eigenvalue weighted by atomic mass is 16.7. The Morgan fingerprint density at radius 3 is 2.55 bits per heavy atom. The number of hydrogen-bond acceptors (Lipinski definition) is 6. The van der Waals surface area contributed by atoms with Crippen LogP contribution in [-0.4, -0.2) is 56.4 Å². The van der Waals surface area contributed by atoms with E-state index in [2.05, 4.69) is 26.1 Å². The summed E-state index contributed by atoms with van der Waals surface area (Å²) < 4.78 is 24.9. The van der Waals surface area contributed by atoms with Crippen LogP contribution in [0.15, 0.2) is 0 Å². The van der Waals surface area contributed by atoms with E-state index >= 15 is 0 Å². The zero-order valence-electron chi connectivity index (χ0n) is 24.4. The highest BCUT2D eigenvalue weighted by Crippen LogP contribution is 2.87. The SMILES string of the molecule is CC(=O)O[C@H](C)C1CCC2C(CC3C4CCC5C(C)(C)[C@@H](OC6CNCCO6)CCC56C[C@@]46CCC23C)O1. The zero-order chi connectivity index (χ0) is 26.5. The van der Waals surface area contributed by atoms with E-state index in [0.717, 1.165) is 43.9 Å². The zero-order valence-corrected chi connectivity index (χ0v) is 24.4. The van der Waals surface area contributed by atoms with Gasteiger partial charge in [0.05, 0.1) is 24.9 Å². The van der Waals surface area contributed by atoms with Crippen LogP contribution >= 0.6 is 0 Å². The fourth-order valence-corrected chi connectivity index (χ4v) is 12.0. The molecule has 38 heavy (non-hydrogen) atoms. The Kier molecular flexibility index (Phi) is 6.14. The van der Waals surface area contributed by atoms with Crippen LogP contribution in [0.5, 0.6) is 0 Å². The number of esters is 1. The highest BCUT2D eigenvalue weighted by Gasteiger charge is 2.80. The van der Waals surface area contributed by atoms with Crippen LogP contribution in [0, 0.1) is 45.3 Å². The van der Waals surface area contributed by atoms with E-state index in [1.54, 1.807) is 0 Å². The van der Waals surface area contributed by atoms with Gasteiger partial charge in [-0.2, -0.15) is 0 Å². The van der Waals surface area contributed by atoms with Crippen molar-refractivity contribution in [3.8, 4) is 0 Å². The van der Waals surface area contributed by atoms with Gasteiger partial charge in [-0.05, 0) is 116 Å². The molecule has 0 aromatic rings. The number of carbonyl (C=O) groups is 1. The first-order valence-electron chi connectivity index (χ1n) is 15.9. The van der Waals surface area contributed by atoms with Crippen molar-refractivity contribution in [1.29, 1.82) is 0 Å². The normalized spacial score (nSPS) is 53.4. The molecule has 6 heteroatoms. The third kappa shape index (κ3) is 3.61. The van der Waals surface area contributed by atoms with Crippen LogP contribution in [0.3, 0.4) is 0 Å². The standard InChI is InChI=1S/C32H51NO5/c1-19(36-20(2)34)24-8-6-22-25(37-24)16-23-21-7-9-26-29(3,4)27(38-28-17-33-14-15-35-28)10-11-32(26)18-31(21,32)13-12-30(22,23)5/h19,21-28,33H,6-18H2,1-5H3/t19-,21?,22?,23?,24?,25?,26?,27+,28?,30?,31+,32?/m1/s1. The lowest BCUT2D eigenvalue weighted by molar-refractivity contribution is -0.232. The molecule has 0 bridgehead atoms. The van der Waals surface area contributed by atoms with Crippen molar-refractivity contribution < 1.29 is 23.7 Å². The van der Waals surface area contributed by atoms with E-state index in [0.29, 0.717) is 34.4 Å². The summed E-state index contributed by atoms with van der Waals surface area (Å²) in [7, 11) is 0. The Balaban J connectivity index is 1.08. The molecule has 2 aliphatic heterocycles. The monoisotopic (exact) mass is 529 g/mol. The molecule has 214 valence electrons. The van der Waals surface area contributed by atoms with Crippen LogP contribution < -0.4 is 5.32 Å². The Morgan fingerprint density at radius 2 is 1.79 bits per heavy atom. The number of rotatable bonds is 4. The van der Waals surface area contributed by atoms with E-state index in [1.807, 2.05) is 6.92 Å². The lowest BCUT2D eigenvalue weighted by atomic mass is 9.46. The Labute approximate surface area is 229 Å². The van der Waals surface area contributed by atoms with Gasteiger partial charge >= 0.3 is 5.97 Å². The molecular formula is C32H51NO5. The molecule has 0 amide bonds. The third-order valence-corrected chi connectivity index (χ3v) is 13.6. The number of fused-ring (bicyclic) bond motifs is 4. The number of carbonyl (C=O) groups excluding carboxylic acids is 1. The van der Waals surface area contributed by atoms with Crippen molar-refractivity contribution in [3.05, 3.63) is 0 Å². The van der Waals surface area contributed by atoms with E-state index in [4.69, 9.17) is 18.9 Å². The van der Waals surface area contributed by atoms with Crippen LogP contribution in [-0.2, 0) is 23.7 Å². The van der Waals surface area contributed by atoms with Crippen molar-refractivity contribution in [3.63, 3.8) is 0 Å². The van der Waals surface area contributed by atoms with E-state index in [-0.39, 0.29) is 29.9 Å². The number of ether oxygens (including phenoxy) is 4. The summed E-state index contributed by atoms with van der Waals surface area (Å²) in [5, 5.41) is 3.44. The minimum Gasteiger partial charge on any atom is -0.460 e. The van der Waals surface area contributed by atoms with E-state index in [1.165, 1.54) is 64.7 Å². The van der Waals surface area contributed by atoms with Crippen LogP contribution in [0.2, 0.25) is 0 Å². The van der Waals surface area contributed by atoms with Crippen LogP contribution in [0.25, 0.3) is 0 Å². The van der Waals surface area contributed by atoms with Crippen molar-refractivity contribution >= 4 is 5.97 Å². The van der Waals surface area contributed by atoms with Gasteiger partial charge in [0.15, 0.2) is 6.29 Å². The summed E-state index contributed by atoms with van der Waals surface area (Å²) in [5.74, 6) is 2.88. The van der Waals surface area contributed by atoms with Crippen LogP contribution in [0.1, 0.15) is 98.8 Å². The number of nitrogens with one attached hydrogen (secondary N) is 1. The molecule has 5 aliphatic carbocycles. The lowest BCUT2D eigenvalue weighted by Crippen LogP contribution is -2.56. The highest BCUT2D eigenvalue weighted by molar-refractivity contribution is 5.66. The second-order valence-corrected chi connectivity index (χ2v) is 15.3. The van der Waals surface area contributed by atoms with E-state index in [9.17, 15) is 4.79 Å². The minimum absolute atomic E-state index is 0.0558.